The van der Waals surface area contributed by atoms with E-state index in [9.17, 15) is 9.18 Å². The Balaban J connectivity index is 2.10. The monoisotopic (exact) mass is 237 g/mol. The van der Waals surface area contributed by atoms with Crippen LogP contribution in [0.4, 0.5) is 10.1 Å². The molecule has 1 fully saturated rings. The lowest BCUT2D eigenvalue weighted by molar-refractivity contribution is -0.118. The van der Waals surface area contributed by atoms with Crippen molar-refractivity contribution in [2.45, 2.75) is 6.54 Å². The second kappa shape index (κ2) is 5.14. The number of carbonyl (C=O) groups is 1. The van der Waals surface area contributed by atoms with Crippen LogP contribution in [0.15, 0.2) is 18.2 Å². The van der Waals surface area contributed by atoms with E-state index in [1.54, 1.807) is 11.0 Å². The second-order valence-electron chi connectivity index (χ2n) is 4.12. The van der Waals surface area contributed by atoms with Crippen LogP contribution in [0, 0.1) is 5.82 Å². The molecule has 0 bridgehead atoms. The zero-order chi connectivity index (χ0) is 12.3. The Morgan fingerprint density at radius 3 is 2.53 bits per heavy atom. The van der Waals surface area contributed by atoms with Gasteiger partial charge >= 0.3 is 0 Å². The van der Waals surface area contributed by atoms with Crippen molar-refractivity contribution in [3.8, 4) is 0 Å². The fourth-order valence-corrected chi connectivity index (χ4v) is 2.00. The van der Waals surface area contributed by atoms with Gasteiger partial charge in [-0.3, -0.25) is 4.79 Å². The first-order valence-electron chi connectivity index (χ1n) is 5.67. The van der Waals surface area contributed by atoms with Gasteiger partial charge in [0, 0.05) is 32.7 Å². The molecule has 1 amide bonds. The number of carbonyl (C=O) groups excluding carboxylic acids is 1. The highest BCUT2D eigenvalue weighted by molar-refractivity contribution is 5.52. The molecule has 1 aliphatic heterocycles. The molecule has 0 aliphatic carbocycles. The Morgan fingerprint density at radius 1 is 1.29 bits per heavy atom. The van der Waals surface area contributed by atoms with Gasteiger partial charge in [0.05, 0.1) is 5.69 Å². The van der Waals surface area contributed by atoms with Crippen LogP contribution in [0.5, 0.6) is 0 Å². The van der Waals surface area contributed by atoms with Crippen molar-refractivity contribution in [2.75, 3.05) is 31.1 Å². The first kappa shape index (κ1) is 11.9. The molecule has 5 heteroatoms. The molecule has 2 rings (SSSR count). The number of amides is 1. The van der Waals surface area contributed by atoms with Crippen LogP contribution in [0.1, 0.15) is 5.56 Å². The first-order valence-corrected chi connectivity index (χ1v) is 5.67. The van der Waals surface area contributed by atoms with Crippen molar-refractivity contribution in [3.63, 3.8) is 0 Å². The van der Waals surface area contributed by atoms with E-state index in [0.29, 0.717) is 38.4 Å². The SMILES string of the molecule is NCc1ccc(N2CCN(C=O)CC2)c(F)c1. The van der Waals surface area contributed by atoms with Gasteiger partial charge in [0.15, 0.2) is 0 Å². The fourth-order valence-electron chi connectivity index (χ4n) is 2.00. The molecule has 1 aliphatic rings. The van der Waals surface area contributed by atoms with E-state index in [1.807, 2.05) is 11.0 Å². The van der Waals surface area contributed by atoms with E-state index in [-0.39, 0.29) is 5.82 Å². The molecule has 1 aromatic rings. The molecule has 92 valence electrons. The van der Waals surface area contributed by atoms with E-state index in [4.69, 9.17) is 5.73 Å². The molecule has 4 nitrogen and oxygen atoms in total. The summed E-state index contributed by atoms with van der Waals surface area (Å²) in [5.74, 6) is -0.243. The summed E-state index contributed by atoms with van der Waals surface area (Å²) in [4.78, 5) is 14.2. The molecular formula is C12H16FN3O. The number of nitrogens with zero attached hydrogens (tertiary/aromatic N) is 2. The van der Waals surface area contributed by atoms with Gasteiger partial charge in [0.25, 0.3) is 0 Å². The van der Waals surface area contributed by atoms with Crippen molar-refractivity contribution in [1.82, 2.24) is 4.90 Å². The molecule has 2 N–H and O–H groups in total. The first-order chi connectivity index (χ1) is 8.24. The Morgan fingerprint density at radius 2 is 2.00 bits per heavy atom. The van der Waals surface area contributed by atoms with Gasteiger partial charge in [-0.2, -0.15) is 0 Å². The maximum absolute atomic E-state index is 13.8. The number of hydrogen-bond donors (Lipinski definition) is 1. The second-order valence-corrected chi connectivity index (χ2v) is 4.12. The Labute approximate surface area is 99.8 Å². The van der Waals surface area contributed by atoms with Crippen LogP contribution in [0.3, 0.4) is 0 Å². The summed E-state index contributed by atoms with van der Waals surface area (Å²) in [6, 6.07) is 5.07. The molecule has 0 atom stereocenters. The lowest BCUT2D eigenvalue weighted by atomic mass is 10.1. The van der Waals surface area contributed by atoms with Gasteiger partial charge in [-0.1, -0.05) is 6.07 Å². The molecule has 0 unspecified atom stereocenters. The Hall–Kier alpha value is -1.62. The number of anilines is 1. The topological polar surface area (TPSA) is 49.6 Å². The zero-order valence-corrected chi connectivity index (χ0v) is 9.60. The van der Waals surface area contributed by atoms with Crippen LogP contribution in [0.25, 0.3) is 0 Å². The summed E-state index contributed by atoms with van der Waals surface area (Å²) in [6.45, 7) is 2.95. The predicted octanol–water partition coefficient (Wildman–Crippen LogP) is 0.563. The zero-order valence-electron chi connectivity index (χ0n) is 9.60. The average molecular weight is 237 g/mol. The number of nitrogens with two attached hydrogens (primary N) is 1. The molecule has 0 aromatic heterocycles. The molecule has 0 radical (unpaired) electrons. The highest BCUT2D eigenvalue weighted by Gasteiger charge is 2.18. The minimum atomic E-state index is -0.243. The number of benzene rings is 1. The highest BCUT2D eigenvalue weighted by Crippen LogP contribution is 2.21. The number of halogens is 1. The third kappa shape index (κ3) is 2.55. The van der Waals surface area contributed by atoms with Crippen molar-refractivity contribution < 1.29 is 9.18 Å². The van der Waals surface area contributed by atoms with Crippen molar-refractivity contribution in [1.29, 1.82) is 0 Å². The summed E-state index contributed by atoms with van der Waals surface area (Å²) in [5, 5.41) is 0. The van der Waals surface area contributed by atoms with Crippen molar-refractivity contribution in [3.05, 3.63) is 29.6 Å². The van der Waals surface area contributed by atoms with E-state index in [2.05, 4.69) is 0 Å². The molecule has 1 heterocycles. The highest BCUT2D eigenvalue weighted by atomic mass is 19.1. The minimum absolute atomic E-state index is 0.243. The smallest absolute Gasteiger partial charge is 0.209 e. The lowest BCUT2D eigenvalue weighted by Crippen LogP contribution is -2.46. The summed E-state index contributed by atoms with van der Waals surface area (Å²) in [5.41, 5.74) is 6.84. The maximum atomic E-state index is 13.8. The third-order valence-electron chi connectivity index (χ3n) is 3.05. The normalized spacial score (nSPS) is 16.1. The molecule has 0 spiro atoms. The molecule has 1 saturated heterocycles. The average Bonchev–Trinajstić information content (AvgIpc) is 2.39. The third-order valence-corrected chi connectivity index (χ3v) is 3.05. The molecule has 0 saturated carbocycles. The Bertz CT molecular complexity index is 403. The maximum Gasteiger partial charge on any atom is 0.209 e. The van der Waals surface area contributed by atoms with E-state index >= 15 is 0 Å². The van der Waals surface area contributed by atoms with Crippen molar-refractivity contribution >= 4 is 12.1 Å². The van der Waals surface area contributed by atoms with Gasteiger partial charge in [0.2, 0.25) is 6.41 Å². The summed E-state index contributed by atoms with van der Waals surface area (Å²) < 4.78 is 13.8. The van der Waals surface area contributed by atoms with E-state index in [0.717, 1.165) is 12.0 Å². The predicted molar refractivity (Wildman–Crippen MR) is 64.1 cm³/mol. The van der Waals surface area contributed by atoms with Gasteiger partial charge in [-0.15, -0.1) is 0 Å². The standard InChI is InChI=1S/C12H16FN3O/c13-11-7-10(8-14)1-2-12(11)16-5-3-15(9-17)4-6-16/h1-2,7,9H,3-6,8,14H2. The molecular weight excluding hydrogens is 221 g/mol. The molecule has 17 heavy (non-hydrogen) atoms. The van der Waals surface area contributed by atoms with Crippen LogP contribution in [0.2, 0.25) is 0 Å². The number of hydrogen-bond acceptors (Lipinski definition) is 3. The summed E-state index contributed by atoms with van der Waals surface area (Å²) in [6.07, 6.45) is 0.839. The van der Waals surface area contributed by atoms with Gasteiger partial charge in [-0.25, -0.2) is 4.39 Å². The van der Waals surface area contributed by atoms with Crippen LogP contribution < -0.4 is 10.6 Å². The van der Waals surface area contributed by atoms with E-state index in [1.165, 1.54) is 6.07 Å². The number of piperazine rings is 1. The van der Waals surface area contributed by atoms with Gasteiger partial charge in [0.1, 0.15) is 5.82 Å². The lowest BCUT2D eigenvalue weighted by Gasteiger charge is -2.34. The van der Waals surface area contributed by atoms with Crippen LogP contribution >= 0.6 is 0 Å². The van der Waals surface area contributed by atoms with Gasteiger partial charge < -0.3 is 15.5 Å². The van der Waals surface area contributed by atoms with Gasteiger partial charge in [-0.05, 0) is 17.7 Å². The van der Waals surface area contributed by atoms with Crippen LogP contribution in [-0.4, -0.2) is 37.5 Å². The van der Waals surface area contributed by atoms with E-state index < -0.39 is 0 Å². The minimum Gasteiger partial charge on any atom is -0.366 e. The van der Waals surface area contributed by atoms with Crippen molar-refractivity contribution in [2.24, 2.45) is 5.73 Å². The number of rotatable bonds is 3. The molecule has 1 aromatic carbocycles. The summed E-state index contributed by atoms with van der Waals surface area (Å²) >= 11 is 0. The quantitative estimate of drug-likeness (QED) is 0.782. The van der Waals surface area contributed by atoms with Crippen LogP contribution in [-0.2, 0) is 11.3 Å². The Kier molecular flexibility index (Phi) is 3.58. The largest absolute Gasteiger partial charge is 0.366 e. The fraction of sp³-hybridized carbons (Fsp3) is 0.417. The summed E-state index contributed by atoms with van der Waals surface area (Å²) in [7, 11) is 0.